The number of fused-ring (bicyclic) bond motifs is 3. The number of rotatable bonds is 4. The van der Waals surface area contributed by atoms with Crippen LogP contribution in [0.2, 0.25) is 0 Å². The lowest BCUT2D eigenvalue weighted by molar-refractivity contribution is -0.115. The predicted molar refractivity (Wildman–Crippen MR) is 103 cm³/mol. The van der Waals surface area contributed by atoms with E-state index in [9.17, 15) is 14.4 Å². The number of hydrogen-bond acceptors (Lipinski definition) is 4. The fourth-order valence-electron chi connectivity index (χ4n) is 5.37. The number of imide groups is 1. The van der Waals surface area contributed by atoms with Crippen LogP contribution in [0.1, 0.15) is 60.7 Å². The molecule has 1 heterocycles. The van der Waals surface area contributed by atoms with Gasteiger partial charge in [0.2, 0.25) is 5.91 Å². The first kappa shape index (κ1) is 18.2. The van der Waals surface area contributed by atoms with Gasteiger partial charge in [-0.3, -0.25) is 19.3 Å². The van der Waals surface area contributed by atoms with E-state index >= 15 is 0 Å². The van der Waals surface area contributed by atoms with E-state index in [2.05, 4.69) is 31.4 Å². The molecular formula is C21H27N3O3. The molecular weight excluding hydrogens is 342 g/mol. The molecule has 3 amide bonds. The summed E-state index contributed by atoms with van der Waals surface area (Å²) in [7, 11) is 1.46. The van der Waals surface area contributed by atoms with E-state index in [0.29, 0.717) is 28.3 Å². The zero-order valence-corrected chi connectivity index (χ0v) is 16.4. The van der Waals surface area contributed by atoms with Gasteiger partial charge in [-0.1, -0.05) is 20.8 Å². The summed E-state index contributed by atoms with van der Waals surface area (Å²) < 4.78 is 0. The second kappa shape index (κ2) is 5.89. The molecule has 1 aromatic rings. The number of nitrogens with zero attached hydrogens (tertiary/aromatic N) is 1. The van der Waals surface area contributed by atoms with Gasteiger partial charge >= 0.3 is 0 Å². The number of amides is 3. The van der Waals surface area contributed by atoms with Crippen LogP contribution in [0.4, 0.5) is 5.69 Å². The van der Waals surface area contributed by atoms with Crippen LogP contribution in [0.5, 0.6) is 0 Å². The molecule has 27 heavy (non-hydrogen) atoms. The van der Waals surface area contributed by atoms with Crippen molar-refractivity contribution in [3.63, 3.8) is 0 Å². The van der Waals surface area contributed by atoms with Crippen molar-refractivity contribution < 1.29 is 14.4 Å². The number of hydrogen-bond donors (Lipinski definition) is 2. The minimum absolute atomic E-state index is 0.135. The Kier molecular flexibility index (Phi) is 3.97. The Hall–Kier alpha value is -2.21. The molecule has 3 aliphatic rings. The molecule has 0 aromatic heterocycles. The quantitative estimate of drug-likeness (QED) is 0.800. The molecule has 6 nitrogen and oxygen atoms in total. The maximum atomic E-state index is 12.4. The molecule has 0 radical (unpaired) electrons. The van der Waals surface area contributed by atoms with Crippen molar-refractivity contribution in [2.45, 2.75) is 46.1 Å². The Labute approximate surface area is 159 Å². The largest absolute Gasteiger partial charge is 0.325 e. The SMILES string of the molecule is CN1C(=O)c2ccc(NC(=O)CN[C@@H]3C[C@H]4CC[C@@]3(C)C4(C)C)cc2C1=O. The van der Waals surface area contributed by atoms with Gasteiger partial charge in [0.25, 0.3) is 11.8 Å². The monoisotopic (exact) mass is 369 g/mol. The molecule has 2 saturated carbocycles. The Morgan fingerprint density at radius 1 is 1.19 bits per heavy atom. The number of benzene rings is 1. The van der Waals surface area contributed by atoms with Crippen LogP contribution in [-0.2, 0) is 4.79 Å². The normalized spacial score (nSPS) is 30.7. The summed E-state index contributed by atoms with van der Waals surface area (Å²) in [6, 6.07) is 5.20. The zero-order chi connectivity index (χ0) is 19.6. The van der Waals surface area contributed by atoms with Gasteiger partial charge in [-0.15, -0.1) is 0 Å². The van der Waals surface area contributed by atoms with E-state index < -0.39 is 0 Å². The third-order valence-electron chi connectivity index (χ3n) is 7.68. The van der Waals surface area contributed by atoms with E-state index in [1.807, 2.05) is 0 Å². The van der Waals surface area contributed by atoms with Crippen LogP contribution in [0.3, 0.4) is 0 Å². The van der Waals surface area contributed by atoms with Crippen molar-refractivity contribution in [2.75, 3.05) is 18.9 Å². The summed E-state index contributed by atoms with van der Waals surface area (Å²) >= 11 is 0. The van der Waals surface area contributed by atoms with Crippen molar-refractivity contribution in [3.05, 3.63) is 29.3 Å². The van der Waals surface area contributed by atoms with Crippen LogP contribution in [0.15, 0.2) is 18.2 Å². The van der Waals surface area contributed by atoms with Gasteiger partial charge < -0.3 is 10.6 Å². The summed E-state index contributed by atoms with van der Waals surface area (Å²) in [4.78, 5) is 37.5. The van der Waals surface area contributed by atoms with Gasteiger partial charge in [-0.25, -0.2) is 0 Å². The summed E-state index contributed by atoms with van der Waals surface area (Å²) in [6.45, 7) is 7.29. The Bertz CT molecular complexity index is 847. The Morgan fingerprint density at radius 3 is 2.52 bits per heavy atom. The number of carbonyl (C=O) groups excluding carboxylic acids is 3. The van der Waals surface area contributed by atoms with Crippen molar-refractivity contribution in [3.8, 4) is 0 Å². The van der Waals surface area contributed by atoms with Gasteiger partial charge in [0.05, 0.1) is 17.7 Å². The lowest BCUT2D eigenvalue weighted by Crippen LogP contribution is -2.46. The predicted octanol–water partition coefficient (Wildman–Crippen LogP) is 2.66. The highest BCUT2D eigenvalue weighted by Gasteiger charge is 2.61. The van der Waals surface area contributed by atoms with E-state index in [0.717, 1.165) is 17.2 Å². The maximum Gasteiger partial charge on any atom is 0.261 e. The molecule has 144 valence electrons. The first-order valence-corrected chi connectivity index (χ1v) is 9.65. The van der Waals surface area contributed by atoms with Crippen LogP contribution >= 0.6 is 0 Å². The Balaban J connectivity index is 1.39. The lowest BCUT2D eigenvalue weighted by Gasteiger charge is -2.39. The number of carbonyl (C=O) groups is 3. The molecule has 0 spiro atoms. The molecule has 0 unspecified atom stereocenters. The summed E-state index contributed by atoms with van der Waals surface area (Å²) in [5.74, 6) is -0.0485. The third kappa shape index (κ3) is 2.53. The van der Waals surface area contributed by atoms with E-state index in [-0.39, 0.29) is 29.7 Å². The molecule has 2 bridgehead atoms. The smallest absolute Gasteiger partial charge is 0.261 e. The summed E-state index contributed by atoms with van der Waals surface area (Å²) in [6.07, 6.45) is 3.61. The second-order valence-electron chi connectivity index (χ2n) is 9.02. The van der Waals surface area contributed by atoms with Gasteiger partial charge in [-0.2, -0.15) is 0 Å². The molecule has 2 N–H and O–H groups in total. The van der Waals surface area contributed by atoms with Gasteiger partial charge in [0.1, 0.15) is 0 Å². The topological polar surface area (TPSA) is 78.5 Å². The van der Waals surface area contributed by atoms with E-state index in [1.54, 1.807) is 18.2 Å². The van der Waals surface area contributed by atoms with Crippen molar-refractivity contribution in [1.29, 1.82) is 0 Å². The van der Waals surface area contributed by atoms with Crippen molar-refractivity contribution in [2.24, 2.45) is 16.7 Å². The molecule has 3 atom stereocenters. The third-order valence-corrected chi connectivity index (χ3v) is 7.68. The standard InChI is InChI=1S/C21H27N3O3/c1-20(2)12-7-8-21(20,3)16(9-12)22-11-17(25)23-13-5-6-14-15(10-13)19(27)24(4)18(14)26/h5-6,10,12,16,22H,7-9,11H2,1-4H3,(H,23,25)/t12-,16-,21-/m1/s1. The van der Waals surface area contributed by atoms with Gasteiger partial charge in [0, 0.05) is 18.8 Å². The van der Waals surface area contributed by atoms with E-state index in [4.69, 9.17) is 0 Å². The molecule has 2 aliphatic carbocycles. The molecule has 4 rings (SSSR count). The highest BCUT2D eigenvalue weighted by molar-refractivity contribution is 6.21. The fraction of sp³-hybridized carbons (Fsp3) is 0.571. The highest BCUT2D eigenvalue weighted by atomic mass is 16.2. The minimum Gasteiger partial charge on any atom is -0.325 e. The summed E-state index contributed by atoms with van der Waals surface area (Å²) in [5, 5.41) is 6.30. The van der Waals surface area contributed by atoms with Crippen LogP contribution < -0.4 is 10.6 Å². The minimum atomic E-state index is -0.332. The molecule has 6 heteroatoms. The first-order chi connectivity index (χ1) is 12.6. The Morgan fingerprint density at radius 2 is 1.89 bits per heavy atom. The fourth-order valence-corrected chi connectivity index (χ4v) is 5.37. The maximum absolute atomic E-state index is 12.4. The van der Waals surface area contributed by atoms with Crippen LogP contribution in [-0.4, -0.2) is 42.3 Å². The van der Waals surface area contributed by atoms with Gasteiger partial charge in [-0.05, 0) is 54.2 Å². The van der Waals surface area contributed by atoms with Crippen LogP contribution in [0, 0.1) is 16.7 Å². The van der Waals surface area contributed by atoms with Crippen molar-refractivity contribution >= 4 is 23.4 Å². The van der Waals surface area contributed by atoms with E-state index in [1.165, 1.54) is 19.9 Å². The summed E-state index contributed by atoms with van der Waals surface area (Å²) in [5.41, 5.74) is 1.80. The molecule has 0 saturated heterocycles. The average molecular weight is 369 g/mol. The first-order valence-electron chi connectivity index (χ1n) is 9.65. The highest BCUT2D eigenvalue weighted by Crippen LogP contribution is 2.65. The lowest BCUT2D eigenvalue weighted by atomic mass is 9.69. The number of anilines is 1. The number of nitrogens with one attached hydrogen (secondary N) is 2. The van der Waals surface area contributed by atoms with Gasteiger partial charge in [0.15, 0.2) is 0 Å². The van der Waals surface area contributed by atoms with Crippen molar-refractivity contribution in [1.82, 2.24) is 10.2 Å². The van der Waals surface area contributed by atoms with Crippen LogP contribution in [0.25, 0.3) is 0 Å². The second-order valence-corrected chi connectivity index (χ2v) is 9.02. The molecule has 2 fully saturated rings. The zero-order valence-electron chi connectivity index (χ0n) is 16.4. The average Bonchev–Trinajstić information content (AvgIpc) is 3.07. The molecule has 1 aliphatic heterocycles. The molecule has 1 aromatic carbocycles.